The molecule has 0 aromatic heterocycles. The number of anilines is 1. The summed E-state index contributed by atoms with van der Waals surface area (Å²) in [6.45, 7) is 1.56. The van der Waals surface area contributed by atoms with Crippen LogP contribution in [0.1, 0.15) is 6.92 Å². The zero-order valence-corrected chi connectivity index (χ0v) is 9.88. The van der Waals surface area contributed by atoms with Gasteiger partial charge in [0.1, 0.15) is 11.5 Å². The number of hydrogen-bond acceptors (Lipinski definition) is 4. The number of rotatable bonds is 3. The van der Waals surface area contributed by atoms with Crippen LogP contribution in [0.15, 0.2) is 18.2 Å². The van der Waals surface area contributed by atoms with Crippen molar-refractivity contribution >= 4 is 24.0 Å². The molecule has 0 heterocycles. The van der Waals surface area contributed by atoms with Gasteiger partial charge in [-0.05, 0) is 19.1 Å². The molecule has 0 saturated carbocycles. The second-order valence-corrected chi connectivity index (χ2v) is 3.16. The van der Waals surface area contributed by atoms with Crippen LogP contribution >= 0.6 is 12.4 Å². The summed E-state index contributed by atoms with van der Waals surface area (Å²) < 4.78 is 4.96. The van der Waals surface area contributed by atoms with Gasteiger partial charge >= 0.3 is 0 Å². The summed E-state index contributed by atoms with van der Waals surface area (Å²) >= 11 is 0. The molecule has 1 aromatic carbocycles. The normalized spacial score (nSPS) is 11.2. The first-order chi connectivity index (χ1) is 7.04. The Morgan fingerprint density at radius 3 is 2.69 bits per heavy atom. The molecular weight excluding hydrogens is 232 g/mol. The first kappa shape index (κ1) is 14.5. The maximum atomic E-state index is 11.3. The van der Waals surface area contributed by atoms with E-state index in [0.29, 0.717) is 5.75 Å². The molecule has 90 valence electrons. The summed E-state index contributed by atoms with van der Waals surface area (Å²) in [7, 11) is 1.50. The van der Waals surface area contributed by atoms with E-state index < -0.39 is 6.04 Å². The Morgan fingerprint density at radius 2 is 2.19 bits per heavy atom. The van der Waals surface area contributed by atoms with Crippen molar-refractivity contribution in [3.8, 4) is 11.5 Å². The molecule has 0 radical (unpaired) electrons. The minimum atomic E-state index is -0.629. The highest BCUT2D eigenvalue weighted by molar-refractivity contribution is 5.95. The van der Waals surface area contributed by atoms with Gasteiger partial charge in [0, 0.05) is 6.07 Å². The van der Waals surface area contributed by atoms with Crippen molar-refractivity contribution in [2.45, 2.75) is 13.0 Å². The van der Waals surface area contributed by atoms with Crippen molar-refractivity contribution in [3.05, 3.63) is 18.2 Å². The molecule has 0 spiro atoms. The highest BCUT2D eigenvalue weighted by Crippen LogP contribution is 2.27. The maximum absolute atomic E-state index is 11.3. The minimum Gasteiger partial charge on any atom is -0.506 e. The van der Waals surface area contributed by atoms with Crippen LogP contribution in [0.3, 0.4) is 0 Å². The maximum Gasteiger partial charge on any atom is 0.241 e. The van der Waals surface area contributed by atoms with Crippen molar-refractivity contribution in [1.82, 2.24) is 0 Å². The summed E-state index contributed by atoms with van der Waals surface area (Å²) in [4.78, 5) is 11.3. The molecule has 1 aromatic rings. The summed E-state index contributed by atoms with van der Waals surface area (Å²) in [5, 5.41) is 11.9. The van der Waals surface area contributed by atoms with Crippen LogP contribution < -0.4 is 15.8 Å². The number of carbonyl (C=O) groups excluding carboxylic acids is 1. The van der Waals surface area contributed by atoms with Gasteiger partial charge in [-0.2, -0.15) is 0 Å². The molecule has 0 fully saturated rings. The molecule has 0 saturated heterocycles. The molecule has 1 atom stereocenters. The van der Waals surface area contributed by atoms with Gasteiger partial charge in [0.25, 0.3) is 0 Å². The number of halogens is 1. The number of phenolic OH excluding ortho intramolecular Hbond substituents is 1. The van der Waals surface area contributed by atoms with E-state index in [1.54, 1.807) is 13.0 Å². The van der Waals surface area contributed by atoms with Gasteiger partial charge in [-0.25, -0.2) is 0 Å². The third-order valence-corrected chi connectivity index (χ3v) is 1.88. The Hall–Kier alpha value is -1.46. The summed E-state index contributed by atoms with van der Waals surface area (Å²) in [5.74, 6) is 0.163. The molecule has 5 nitrogen and oxygen atoms in total. The van der Waals surface area contributed by atoms with E-state index in [2.05, 4.69) is 5.32 Å². The number of benzene rings is 1. The molecule has 0 bridgehead atoms. The van der Waals surface area contributed by atoms with Crippen LogP contribution in [0.4, 0.5) is 5.69 Å². The van der Waals surface area contributed by atoms with Crippen molar-refractivity contribution < 1.29 is 14.6 Å². The van der Waals surface area contributed by atoms with E-state index in [1.165, 1.54) is 19.2 Å². The molecular formula is C10H15ClN2O3. The Kier molecular flexibility index (Phi) is 5.63. The van der Waals surface area contributed by atoms with Crippen LogP contribution in [-0.4, -0.2) is 24.2 Å². The second kappa shape index (κ2) is 6.19. The Bertz CT molecular complexity index is 369. The fourth-order valence-corrected chi connectivity index (χ4v) is 0.989. The largest absolute Gasteiger partial charge is 0.506 e. The highest BCUT2D eigenvalue weighted by atomic mass is 35.5. The first-order valence-corrected chi connectivity index (χ1v) is 4.48. The number of ether oxygens (including phenoxy) is 1. The summed E-state index contributed by atoms with van der Waals surface area (Å²) in [6.07, 6.45) is 0. The van der Waals surface area contributed by atoms with Gasteiger partial charge in [-0.3, -0.25) is 4.79 Å². The number of amides is 1. The van der Waals surface area contributed by atoms with Crippen LogP contribution in [-0.2, 0) is 4.79 Å². The molecule has 6 heteroatoms. The lowest BCUT2D eigenvalue weighted by Crippen LogP contribution is -2.32. The fourth-order valence-electron chi connectivity index (χ4n) is 0.989. The van der Waals surface area contributed by atoms with Crippen LogP contribution in [0.25, 0.3) is 0 Å². The van der Waals surface area contributed by atoms with Crippen LogP contribution in [0.2, 0.25) is 0 Å². The number of nitrogens with two attached hydrogens (primary N) is 1. The number of hydrogen-bond donors (Lipinski definition) is 3. The number of carbonyl (C=O) groups is 1. The van der Waals surface area contributed by atoms with Crippen LogP contribution in [0, 0.1) is 0 Å². The average Bonchev–Trinajstić information content (AvgIpc) is 2.21. The predicted molar refractivity (Wildman–Crippen MR) is 64.2 cm³/mol. The van der Waals surface area contributed by atoms with E-state index in [-0.39, 0.29) is 29.8 Å². The third-order valence-electron chi connectivity index (χ3n) is 1.88. The van der Waals surface area contributed by atoms with Gasteiger partial charge in [0.05, 0.1) is 18.8 Å². The molecule has 1 amide bonds. The quantitative estimate of drug-likeness (QED) is 0.698. The molecule has 4 N–H and O–H groups in total. The SMILES string of the molecule is COc1ccc(O)c(NC(=O)[C@H](C)N)c1.Cl. The smallest absolute Gasteiger partial charge is 0.241 e. The average molecular weight is 247 g/mol. The van der Waals surface area contributed by atoms with Crippen molar-refractivity contribution in [2.24, 2.45) is 5.73 Å². The monoisotopic (exact) mass is 246 g/mol. The Morgan fingerprint density at radius 1 is 1.56 bits per heavy atom. The van der Waals surface area contributed by atoms with Crippen LogP contribution in [0.5, 0.6) is 11.5 Å². The standard InChI is InChI=1S/C10H14N2O3.ClH/c1-6(11)10(14)12-8-5-7(15-2)3-4-9(8)13;/h3-6,13H,11H2,1-2H3,(H,12,14);1H/t6-;/m0./s1. The van der Waals surface area contributed by atoms with Gasteiger partial charge in [-0.15, -0.1) is 12.4 Å². The lowest BCUT2D eigenvalue weighted by molar-refractivity contribution is -0.117. The van der Waals surface area contributed by atoms with E-state index in [9.17, 15) is 9.90 Å². The zero-order chi connectivity index (χ0) is 11.4. The minimum absolute atomic E-state index is 0. The number of methoxy groups -OCH3 is 1. The van der Waals surface area contributed by atoms with E-state index >= 15 is 0 Å². The van der Waals surface area contributed by atoms with E-state index in [4.69, 9.17) is 10.5 Å². The van der Waals surface area contributed by atoms with Crippen molar-refractivity contribution in [2.75, 3.05) is 12.4 Å². The third kappa shape index (κ3) is 3.60. The Balaban J connectivity index is 0.00000225. The van der Waals surface area contributed by atoms with Gasteiger partial charge in [-0.1, -0.05) is 0 Å². The van der Waals surface area contributed by atoms with Gasteiger partial charge in [0.15, 0.2) is 0 Å². The predicted octanol–water partition coefficient (Wildman–Crippen LogP) is 1.11. The summed E-state index contributed by atoms with van der Waals surface area (Å²) in [5.41, 5.74) is 5.67. The van der Waals surface area contributed by atoms with Gasteiger partial charge in [0.2, 0.25) is 5.91 Å². The first-order valence-electron chi connectivity index (χ1n) is 4.48. The van der Waals surface area contributed by atoms with Crippen molar-refractivity contribution in [1.29, 1.82) is 0 Å². The molecule has 0 aliphatic rings. The number of aromatic hydroxyl groups is 1. The molecule has 16 heavy (non-hydrogen) atoms. The second-order valence-electron chi connectivity index (χ2n) is 3.16. The lowest BCUT2D eigenvalue weighted by atomic mass is 10.2. The number of nitrogens with one attached hydrogen (secondary N) is 1. The molecule has 1 rings (SSSR count). The molecule has 0 aliphatic heterocycles. The summed E-state index contributed by atoms with van der Waals surface area (Å²) in [6, 6.07) is 3.93. The Labute approximate surface area is 100 Å². The lowest BCUT2D eigenvalue weighted by Gasteiger charge is -2.10. The van der Waals surface area contributed by atoms with Gasteiger partial charge < -0.3 is 20.9 Å². The zero-order valence-electron chi connectivity index (χ0n) is 9.06. The molecule has 0 unspecified atom stereocenters. The number of phenols is 1. The van der Waals surface area contributed by atoms with E-state index in [0.717, 1.165) is 0 Å². The topological polar surface area (TPSA) is 84.6 Å². The fraction of sp³-hybridized carbons (Fsp3) is 0.300. The molecule has 0 aliphatic carbocycles. The van der Waals surface area contributed by atoms with Crippen molar-refractivity contribution in [3.63, 3.8) is 0 Å². The highest BCUT2D eigenvalue weighted by Gasteiger charge is 2.10. The van der Waals surface area contributed by atoms with E-state index in [1.807, 2.05) is 0 Å².